The summed E-state index contributed by atoms with van der Waals surface area (Å²) >= 11 is 1.59. The van der Waals surface area contributed by atoms with Gasteiger partial charge >= 0.3 is 0 Å². The smallest absolute Gasteiger partial charge is 0.233 e. The molecule has 0 spiro atoms. The van der Waals surface area contributed by atoms with Crippen LogP contribution in [-0.2, 0) is 4.79 Å². The van der Waals surface area contributed by atoms with Crippen LogP contribution in [0.5, 0.6) is 0 Å². The minimum absolute atomic E-state index is 0.0145. The summed E-state index contributed by atoms with van der Waals surface area (Å²) < 4.78 is 0. The molecule has 0 aromatic heterocycles. The Kier molecular flexibility index (Phi) is 5.89. The first-order chi connectivity index (χ1) is 10.9. The van der Waals surface area contributed by atoms with Crippen LogP contribution in [0.3, 0.4) is 0 Å². The third-order valence-electron chi connectivity index (χ3n) is 4.13. The van der Waals surface area contributed by atoms with Crippen LogP contribution in [-0.4, -0.2) is 11.2 Å². The summed E-state index contributed by atoms with van der Waals surface area (Å²) in [7, 11) is 0. The minimum atomic E-state index is -0.119. The van der Waals surface area contributed by atoms with Gasteiger partial charge in [0, 0.05) is 4.90 Å². The van der Waals surface area contributed by atoms with Crippen LogP contribution in [0.25, 0.3) is 0 Å². The van der Waals surface area contributed by atoms with Crippen molar-refractivity contribution in [2.24, 2.45) is 0 Å². The van der Waals surface area contributed by atoms with Gasteiger partial charge < -0.3 is 5.32 Å². The highest BCUT2D eigenvalue weighted by Crippen LogP contribution is 2.25. The zero-order valence-corrected chi connectivity index (χ0v) is 15.3. The Morgan fingerprint density at radius 1 is 0.957 bits per heavy atom. The summed E-state index contributed by atoms with van der Waals surface area (Å²) in [6, 6.07) is 14.4. The lowest BCUT2D eigenvalue weighted by Crippen LogP contribution is -2.33. The first kappa shape index (κ1) is 17.6. The highest BCUT2D eigenvalue weighted by molar-refractivity contribution is 8.00. The molecule has 0 saturated heterocycles. The van der Waals surface area contributed by atoms with Crippen molar-refractivity contribution in [3.05, 3.63) is 64.7 Å². The molecular formula is C20H25NOS. The molecule has 0 aliphatic heterocycles. The quantitative estimate of drug-likeness (QED) is 0.786. The second-order valence-corrected chi connectivity index (χ2v) is 7.51. The predicted octanol–water partition coefficient (Wildman–Crippen LogP) is 4.97. The molecule has 0 aliphatic carbocycles. The Balaban J connectivity index is 2.03. The number of carbonyl (C=O) groups is 1. The summed E-state index contributed by atoms with van der Waals surface area (Å²) in [5.74, 6) is 0.0731. The van der Waals surface area contributed by atoms with Gasteiger partial charge in [0.1, 0.15) is 0 Å². The number of hydrogen-bond donors (Lipinski definition) is 1. The topological polar surface area (TPSA) is 29.1 Å². The molecule has 0 unspecified atom stereocenters. The van der Waals surface area contributed by atoms with Gasteiger partial charge in [-0.2, -0.15) is 0 Å². The molecule has 1 N–H and O–H groups in total. The van der Waals surface area contributed by atoms with E-state index in [1.807, 2.05) is 37.3 Å². The fraction of sp³-hybridized carbons (Fsp3) is 0.350. The Labute approximate surface area is 143 Å². The summed E-state index contributed by atoms with van der Waals surface area (Å²) in [4.78, 5) is 13.6. The number of benzene rings is 2. The molecule has 0 radical (unpaired) electrons. The van der Waals surface area contributed by atoms with E-state index < -0.39 is 0 Å². The van der Waals surface area contributed by atoms with Crippen LogP contribution < -0.4 is 5.32 Å². The van der Waals surface area contributed by atoms with Crippen LogP contribution in [0.15, 0.2) is 47.4 Å². The maximum Gasteiger partial charge on any atom is 0.233 e. The first-order valence-electron chi connectivity index (χ1n) is 7.98. The summed E-state index contributed by atoms with van der Waals surface area (Å²) in [6.45, 7) is 10.3. The van der Waals surface area contributed by atoms with Crippen LogP contribution in [0.2, 0.25) is 0 Å². The van der Waals surface area contributed by atoms with Gasteiger partial charge in [-0.15, -0.1) is 11.8 Å². The predicted molar refractivity (Wildman–Crippen MR) is 99.0 cm³/mol. The number of amides is 1. The molecular weight excluding hydrogens is 302 g/mol. The molecule has 2 nitrogen and oxygen atoms in total. The van der Waals surface area contributed by atoms with Gasteiger partial charge in [-0.05, 0) is 69.0 Å². The van der Waals surface area contributed by atoms with Crippen molar-refractivity contribution in [1.82, 2.24) is 5.32 Å². The summed E-state index contributed by atoms with van der Waals surface area (Å²) in [5, 5.41) is 3.03. The van der Waals surface area contributed by atoms with E-state index in [0.29, 0.717) is 0 Å². The van der Waals surface area contributed by atoms with Gasteiger partial charge in [0.25, 0.3) is 0 Å². The Morgan fingerprint density at radius 3 is 2.22 bits per heavy atom. The first-order valence-corrected chi connectivity index (χ1v) is 8.86. The third kappa shape index (κ3) is 4.61. The fourth-order valence-electron chi connectivity index (χ4n) is 2.61. The SMILES string of the molecule is Cc1cc(C)c([C@@H](C)NC(=O)[C@@H](C)Sc2ccccc2)cc1C. The number of hydrogen-bond acceptors (Lipinski definition) is 2. The van der Waals surface area contributed by atoms with Crippen molar-refractivity contribution in [2.75, 3.05) is 0 Å². The molecule has 2 rings (SSSR count). The van der Waals surface area contributed by atoms with Crippen molar-refractivity contribution in [1.29, 1.82) is 0 Å². The molecule has 23 heavy (non-hydrogen) atoms. The molecule has 0 bridgehead atoms. The van der Waals surface area contributed by atoms with Crippen LogP contribution in [0.1, 0.15) is 42.1 Å². The normalized spacial score (nSPS) is 13.4. The van der Waals surface area contributed by atoms with Crippen LogP contribution in [0, 0.1) is 20.8 Å². The maximum atomic E-state index is 12.5. The van der Waals surface area contributed by atoms with E-state index in [9.17, 15) is 4.79 Å². The molecule has 0 saturated carbocycles. The van der Waals surface area contributed by atoms with E-state index in [0.717, 1.165) is 4.90 Å². The standard InChI is InChI=1S/C20H25NOS/c1-13-11-15(3)19(12-14(13)2)16(4)21-20(22)17(5)23-18-9-7-6-8-10-18/h6-12,16-17H,1-5H3,(H,21,22)/t16-,17-/m1/s1. The van der Waals surface area contributed by atoms with Crippen molar-refractivity contribution < 1.29 is 4.79 Å². The number of thioether (sulfide) groups is 1. The summed E-state index contributed by atoms with van der Waals surface area (Å²) in [6.07, 6.45) is 0. The van der Waals surface area contributed by atoms with E-state index in [1.165, 1.54) is 22.3 Å². The van der Waals surface area contributed by atoms with Crippen LogP contribution in [0.4, 0.5) is 0 Å². The second kappa shape index (κ2) is 7.69. The number of aryl methyl sites for hydroxylation is 3. The number of nitrogens with one attached hydrogen (secondary N) is 1. The molecule has 122 valence electrons. The maximum absolute atomic E-state index is 12.5. The molecule has 2 aromatic carbocycles. The van der Waals surface area contributed by atoms with Crippen molar-refractivity contribution in [3.8, 4) is 0 Å². The Morgan fingerprint density at radius 2 is 1.57 bits per heavy atom. The van der Waals surface area contributed by atoms with Crippen molar-refractivity contribution in [2.45, 2.75) is 50.8 Å². The number of carbonyl (C=O) groups excluding carboxylic acids is 1. The van der Waals surface area contributed by atoms with Crippen LogP contribution >= 0.6 is 11.8 Å². The highest BCUT2D eigenvalue weighted by Gasteiger charge is 2.18. The van der Waals surface area contributed by atoms with Crippen molar-refractivity contribution >= 4 is 17.7 Å². The zero-order valence-electron chi connectivity index (χ0n) is 14.5. The Bertz CT molecular complexity index is 682. The molecule has 2 aromatic rings. The summed E-state index contributed by atoms with van der Waals surface area (Å²) in [5.41, 5.74) is 4.97. The van der Waals surface area contributed by atoms with Gasteiger partial charge in [-0.25, -0.2) is 0 Å². The molecule has 0 fully saturated rings. The van der Waals surface area contributed by atoms with Gasteiger partial charge in [-0.1, -0.05) is 30.3 Å². The minimum Gasteiger partial charge on any atom is -0.349 e. The van der Waals surface area contributed by atoms with E-state index in [1.54, 1.807) is 11.8 Å². The molecule has 0 heterocycles. The third-order valence-corrected chi connectivity index (χ3v) is 5.24. The van der Waals surface area contributed by atoms with Gasteiger partial charge in [-0.3, -0.25) is 4.79 Å². The Hall–Kier alpha value is -1.74. The van der Waals surface area contributed by atoms with E-state index in [2.05, 4.69) is 45.1 Å². The van der Waals surface area contributed by atoms with Gasteiger partial charge in [0.05, 0.1) is 11.3 Å². The monoisotopic (exact) mass is 327 g/mol. The average Bonchev–Trinajstić information content (AvgIpc) is 2.51. The lowest BCUT2D eigenvalue weighted by atomic mass is 9.96. The zero-order chi connectivity index (χ0) is 17.0. The lowest BCUT2D eigenvalue weighted by Gasteiger charge is -2.20. The fourth-order valence-corrected chi connectivity index (χ4v) is 3.51. The van der Waals surface area contributed by atoms with E-state index >= 15 is 0 Å². The second-order valence-electron chi connectivity index (χ2n) is 6.10. The van der Waals surface area contributed by atoms with E-state index in [-0.39, 0.29) is 17.2 Å². The van der Waals surface area contributed by atoms with Gasteiger partial charge in [0.15, 0.2) is 0 Å². The van der Waals surface area contributed by atoms with Gasteiger partial charge in [0.2, 0.25) is 5.91 Å². The molecule has 0 aliphatic rings. The molecule has 1 amide bonds. The largest absolute Gasteiger partial charge is 0.349 e. The molecule has 3 heteroatoms. The van der Waals surface area contributed by atoms with Crippen molar-refractivity contribution in [3.63, 3.8) is 0 Å². The lowest BCUT2D eigenvalue weighted by molar-refractivity contribution is -0.120. The van der Waals surface area contributed by atoms with E-state index in [4.69, 9.17) is 0 Å². The number of rotatable bonds is 5. The average molecular weight is 327 g/mol. The molecule has 2 atom stereocenters. The highest BCUT2D eigenvalue weighted by atomic mass is 32.2.